The number of likely N-dealkylation sites (tertiary alicyclic amines) is 1. The topological polar surface area (TPSA) is 83.6 Å². The number of amides is 1. The monoisotopic (exact) mass is 270 g/mol. The van der Waals surface area contributed by atoms with Crippen LogP contribution in [0.4, 0.5) is 0 Å². The van der Waals surface area contributed by atoms with Crippen molar-refractivity contribution in [1.29, 1.82) is 0 Å². The summed E-state index contributed by atoms with van der Waals surface area (Å²) >= 11 is 0. The van der Waals surface area contributed by atoms with Gasteiger partial charge < -0.3 is 15.7 Å². The molecule has 0 aromatic carbocycles. The highest BCUT2D eigenvalue weighted by Crippen LogP contribution is 2.23. The van der Waals surface area contributed by atoms with Crippen molar-refractivity contribution in [2.24, 2.45) is 11.7 Å². The molecule has 1 fully saturated rings. The molecular weight excluding hydrogens is 244 g/mol. The van der Waals surface area contributed by atoms with E-state index >= 15 is 0 Å². The Hall–Kier alpha value is -1.10. The molecule has 0 aliphatic carbocycles. The third-order valence-corrected chi connectivity index (χ3v) is 4.14. The summed E-state index contributed by atoms with van der Waals surface area (Å²) in [5, 5.41) is 8.78. The van der Waals surface area contributed by atoms with Gasteiger partial charge in [0.1, 0.15) is 0 Å². The highest BCUT2D eigenvalue weighted by Gasteiger charge is 2.31. The van der Waals surface area contributed by atoms with Crippen LogP contribution in [0, 0.1) is 5.92 Å². The first-order valence-electron chi connectivity index (χ1n) is 7.25. The summed E-state index contributed by atoms with van der Waals surface area (Å²) in [5.41, 5.74) is 6.01. The summed E-state index contributed by atoms with van der Waals surface area (Å²) in [6.45, 7) is 4.72. The number of aliphatic carboxylic acids is 1. The smallest absolute Gasteiger partial charge is 0.303 e. The van der Waals surface area contributed by atoms with Crippen LogP contribution in [0.5, 0.6) is 0 Å². The second-order valence-corrected chi connectivity index (χ2v) is 5.52. The van der Waals surface area contributed by atoms with Gasteiger partial charge in [-0.25, -0.2) is 0 Å². The second-order valence-electron chi connectivity index (χ2n) is 5.52. The molecule has 3 N–H and O–H groups in total. The fourth-order valence-electron chi connectivity index (χ4n) is 2.57. The average Bonchev–Trinajstić information content (AvgIpc) is 2.42. The van der Waals surface area contributed by atoms with Gasteiger partial charge in [-0.05, 0) is 31.6 Å². The Kier molecular flexibility index (Phi) is 6.28. The molecule has 0 saturated carbocycles. The molecule has 1 amide bonds. The van der Waals surface area contributed by atoms with E-state index in [9.17, 15) is 9.59 Å². The molecule has 0 spiro atoms. The van der Waals surface area contributed by atoms with Gasteiger partial charge in [-0.3, -0.25) is 9.59 Å². The zero-order chi connectivity index (χ0) is 14.4. The summed E-state index contributed by atoms with van der Waals surface area (Å²) in [4.78, 5) is 24.9. The molecule has 0 bridgehead atoms. The lowest BCUT2D eigenvalue weighted by Crippen LogP contribution is -2.52. The maximum absolute atomic E-state index is 12.4. The summed E-state index contributed by atoms with van der Waals surface area (Å²) in [7, 11) is 0. The second kappa shape index (κ2) is 7.48. The van der Waals surface area contributed by atoms with E-state index < -0.39 is 12.0 Å². The Balaban J connectivity index is 2.65. The summed E-state index contributed by atoms with van der Waals surface area (Å²) in [5.74, 6) is -0.650. The average molecular weight is 270 g/mol. The number of piperidine rings is 1. The van der Waals surface area contributed by atoms with Gasteiger partial charge in [0.2, 0.25) is 5.91 Å². The molecule has 1 aliphatic rings. The molecule has 3 atom stereocenters. The van der Waals surface area contributed by atoms with Crippen LogP contribution in [0.2, 0.25) is 0 Å². The van der Waals surface area contributed by atoms with Crippen molar-refractivity contribution in [2.75, 3.05) is 6.54 Å². The van der Waals surface area contributed by atoms with Gasteiger partial charge in [0, 0.05) is 19.0 Å². The molecule has 0 aromatic heterocycles. The van der Waals surface area contributed by atoms with E-state index in [0.717, 1.165) is 25.7 Å². The van der Waals surface area contributed by atoms with E-state index in [-0.39, 0.29) is 24.3 Å². The Morgan fingerprint density at radius 3 is 2.68 bits per heavy atom. The molecule has 19 heavy (non-hydrogen) atoms. The molecule has 1 saturated heterocycles. The minimum atomic E-state index is -0.802. The van der Waals surface area contributed by atoms with E-state index in [0.29, 0.717) is 13.0 Å². The zero-order valence-electron chi connectivity index (χ0n) is 12.0. The maximum Gasteiger partial charge on any atom is 0.303 e. The number of carboxylic acids is 1. The van der Waals surface area contributed by atoms with Gasteiger partial charge in [-0.1, -0.05) is 20.3 Å². The van der Waals surface area contributed by atoms with Crippen LogP contribution in [0.1, 0.15) is 52.4 Å². The van der Waals surface area contributed by atoms with Gasteiger partial charge in [0.15, 0.2) is 0 Å². The summed E-state index contributed by atoms with van der Waals surface area (Å²) < 4.78 is 0. The van der Waals surface area contributed by atoms with Crippen LogP contribution < -0.4 is 5.73 Å². The summed E-state index contributed by atoms with van der Waals surface area (Å²) in [6.07, 6.45) is 4.48. The molecule has 1 aliphatic heterocycles. The minimum Gasteiger partial charge on any atom is -0.481 e. The molecule has 0 aromatic rings. The molecule has 110 valence electrons. The van der Waals surface area contributed by atoms with Gasteiger partial charge >= 0.3 is 5.97 Å². The SMILES string of the molecule is CC[C@H](C)[C@H](N)C(=O)N1CCCCC1CCC(=O)O. The first kappa shape index (κ1) is 16.0. The number of carboxylic acid groups (broad SMARTS) is 1. The predicted molar refractivity (Wildman–Crippen MR) is 73.7 cm³/mol. The zero-order valence-corrected chi connectivity index (χ0v) is 12.0. The quantitative estimate of drug-likeness (QED) is 0.768. The van der Waals surface area contributed by atoms with Crippen LogP contribution >= 0.6 is 0 Å². The number of hydrogen-bond acceptors (Lipinski definition) is 3. The first-order valence-corrected chi connectivity index (χ1v) is 7.25. The fraction of sp³-hybridized carbons (Fsp3) is 0.857. The highest BCUT2D eigenvalue weighted by molar-refractivity contribution is 5.82. The standard InChI is InChI=1S/C14H26N2O3/c1-3-10(2)13(15)14(19)16-9-5-4-6-11(16)7-8-12(17)18/h10-11,13H,3-9,15H2,1-2H3,(H,17,18)/t10-,11?,13-/m0/s1. The molecule has 0 radical (unpaired) electrons. The van der Waals surface area contributed by atoms with Gasteiger partial charge in [-0.15, -0.1) is 0 Å². The lowest BCUT2D eigenvalue weighted by atomic mass is 9.93. The Morgan fingerprint density at radius 2 is 2.11 bits per heavy atom. The lowest BCUT2D eigenvalue weighted by molar-refractivity contribution is -0.141. The Labute approximate surface area is 115 Å². The number of nitrogens with zero attached hydrogens (tertiary/aromatic N) is 1. The van der Waals surface area contributed by atoms with E-state index in [1.54, 1.807) is 0 Å². The number of carbonyl (C=O) groups is 2. The van der Waals surface area contributed by atoms with E-state index in [1.807, 2.05) is 18.7 Å². The minimum absolute atomic E-state index is 0.00978. The number of carbonyl (C=O) groups excluding carboxylic acids is 1. The number of rotatable bonds is 6. The van der Waals surface area contributed by atoms with Crippen molar-refractivity contribution in [3.05, 3.63) is 0 Å². The number of nitrogens with two attached hydrogens (primary N) is 1. The molecule has 1 unspecified atom stereocenters. The van der Waals surface area contributed by atoms with Crippen molar-refractivity contribution >= 4 is 11.9 Å². The largest absolute Gasteiger partial charge is 0.481 e. The molecule has 1 heterocycles. The third kappa shape index (κ3) is 4.49. The number of hydrogen-bond donors (Lipinski definition) is 2. The van der Waals surface area contributed by atoms with Crippen LogP contribution in [0.25, 0.3) is 0 Å². The molecule has 5 heteroatoms. The molecule has 1 rings (SSSR count). The van der Waals surface area contributed by atoms with E-state index in [2.05, 4.69) is 0 Å². The maximum atomic E-state index is 12.4. The lowest BCUT2D eigenvalue weighted by Gasteiger charge is -2.38. The van der Waals surface area contributed by atoms with Crippen LogP contribution in [0.15, 0.2) is 0 Å². The Bertz CT molecular complexity index is 320. The Morgan fingerprint density at radius 1 is 1.42 bits per heavy atom. The molecule has 5 nitrogen and oxygen atoms in total. The summed E-state index contributed by atoms with van der Waals surface area (Å²) in [6, 6.07) is -0.414. The fourth-order valence-corrected chi connectivity index (χ4v) is 2.57. The van der Waals surface area contributed by atoms with Crippen LogP contribution in [0.3, 0.4) is 0 Å². The normalized spacial score (nSPS) is 22.9. The van der Waals surface area contributed by atoms with Gasteiger partial charge in [-0.2, -0.15) is 0 Å². The predicted octanol–water partition coefficient (Wildman–Crippen LogP) is 1.61. The van der Waals surface area contributed by atoms with Crippen molar-refractivity contribution in [2.45, 2.75) is 64.5 Å². The van der Waals surface area contributed by atoms with Gasteiger partial charge in [0.25, 0.3) is 0 Å². The van der Waals surface area contributed by atoms with Gasteiger partial charge in [0.05, 0.1) is 6.04 Å². The van der Waals surface area contributed by atoms with Crippen molar-refractivity contribution in [3.63, 3.8) is 0 Å². The first-order chi connectivity index (χ1) is 8.97. The van der Waals surface area contributed by atoms with E-state index in [4.69, 9.17) is 10.8 Å². The van der Waals surface area contributed by atoms with Crippen molar-refractivity contribution in [3.8, 4) is 0 Å². The molecular formula is C14H26N2O3. The van der Waals surface area contributed by atoms with E-state index in [1.165, 1.54) is 0 Å². The highest BCUT2D eigenvalue weighted by atomic mass is 16.4. The van der Waals surface area contributed by atoms with Crippen LogP contribution in [-0.4, -0.2) is 40.5 Å². The van der Waals surface area contributed by atoms with Crippen molar-refractivity contribution in [1.82, 2.24) is 4.90 Å². The van der Waals surface area contributed by atoms with Crippen LogP contribution in [-0.2, 0) is 9.59 Å². The van der Waals surface area contributed by atoms with Crippen molar-refractivity contribution < 1.29 is 14.7 Å². The third-order valence-electron chi connectivity index (χ3n) is 4.14.